The smallest absolute Gasteiger partial charge is 0.254 e. The van der Waals surface area contributed by atoms with Crippen LogP contribution in [0, 0.1) is 0 Å². The Labute approximate surface area is 206 Å². The molecule has 9 heteroatoms. The van der Waals surface area contributed by atoms with E-state index in [1.54, 1.807) is 24.1 Å². The molecule has 172 valence electrons. The number of para-hydroxylation sites is 1. The molecule has 0 radical (unpaired) electrons. The summed E-state index contributed by atoms with van der Waals surface area (Å²) >= 11 is 0. The number of nitrogens with one attached hydrogen (secondary N) is 2. The highest BCUT2D eigenvalue weighted by Crippen LogP contribution is 2.10. The number of likely N-dealkylation sites (N-methyl/N-ethyl adjacent to an activating group) is 1. The lowest BCUT2D eigenvalue weighted by molar-refractivity contribution is -0.123. The number of amides is 2. The molecule has 1 aliphatic heterocycles. The van der Waals surface area contributed by atoms with Crippen molar-refractivity contribution < 1.29 is 14.3 Å². The number of halogens is 1. The molecule has 2 amide bonds. The van der Waals surface area contributed by atoms with Gasteiger partial charge in [-0.2, -0.15) is 0 Å². The van der Waals surface area contributed by atoms with Gasteiger partial charge < -0.3 is 25.2 Å². The fourth-order valence-electron chi connectivity index (χ4n) is 3.25. The lowest BCUT2D eigenvalue weighted by Gasteiger charge is -2.26. The van der Waals surface area contributed by atoms with Gasteiger partial charge in [-0.15, -0.1) is 24.0 Å². The van der Waals surface area contributed by atoms with Crippen molar-refractivity contribution in [1.29, 1.82) is 0 Å². The maximum absolute atomic E-state index is 12.6. The predicted octanol–water partition coefficient (Wildman–Crippen LogP) is 1.96. The van der Waals surface area contributed by atoms with E-state index in [1.165, 1.54) is 0 Å². The maximum atomic E-state index is 12.6. The lowest BCUT2D eigenvalue weighted by atomic mass is 10.1. The molecule has 0 spiro atoms. The van der Waals surface area contributed by atoms with Gasteiger partial charge in [0.1, 0.15) is 12.4 Å². The molecular weight excluding hydrogens is 521 g/mol. The van der Waals surface area contributed by atoms with Gasteiger partial charge in [-0.25, -0.2) is 0 Å². The van der Waals surface area contributed by atoms with Crippen LogP contribution < -0.4 is 15.4 Å². The number of ether oxygens (including phenoxy) is 1. The van der Waals surface area contributed by atoms with Crippen LogP contribution in [0.2, 0.25) is 0 Å². The Morgan fingerprint density at radius 1 is 1.19 bits per heavy atom. The van der Waals surface area contributed by atoms with Gasteiger partial charge in [0.2, 0.25) is 5.91 Å². The van der Waals surface area contributed by atoms with E-state index in [0.29, 0.717) is 38.3 Å². The van der Waals surface area contributed by atoms with Crippen LogP contribution in [-0.4, -0.2) is 74.5 Å². The molecule has 3 rings (SSSR count). The fourth-order valence-corrected chi connectivity index (χ4v) is 3.25. The molecule has 8 nitrogen and oxygen atoms in total. The monoisotopic (exact) mass is 551 g/mol. The third-order valence-electron chi connectivity index (χ3n) is 4.99. The fraction of sp³-hybridized carbons (Fsp3) is 0.348. The van der Waals surface area contributed by atoms with Gasteiger partial charge in [0.25, 0.3) is 5.91 Å². The highest BCUT2D eigenvalue weighted by molar-refractivity contribution is 14.0. The van der Waals surface area contributed by atoms with E-state index in [2.05, 4.69) is 15.6 Å². The van der Waals surface area contributed by atoms with Gasteiger partial charge in [0.15, 0.2) is 5.96 Å². The third-order valence-corrected chi connectivity index (χ3v) is 4.99. The minimum Gasteiger partial charge on any atom is -0.492 e. The first-order valence-electron chi connectivity index (χ1n) is 10.3. The summed E-state index contributed by atoms with van der Waals surface area (Å²) in [4.78, 5) is 31.9. The molecular formula is C23H30IN5O3. The van der Waals surface area contributed by atoms with E-state index in [-0.39, 0.29) is 42.3 Å². The second-order valence-corrected chi connectivity index (χ2v) is 7.26. The number of piperazine rings is 1. The van der Waals surface area contributed by atoms with Crippen molar-refractivity contribution in [2.75, 3.05) is 46.9 Å². The maximum Gasteiger partial charge on any atom is 0.254 e. The Bertz CT molecular complexity index is 906. The van der Waals surface area contributed by atoms with Crippen LogP contribution in [0.25, 0.3) is 0 Å². The Morgan fingerprint density at radius 3 is 2.56 bits per heavy atom. The van der Waals surface area contributed by atoms with Crippen molar-refractivity contribution >= 4 is 41.8 Å². The molecule has 0 aliphatic carbocycles. The topological polar surface area (TPSA) is 86.3 Å². The van der Waals surface area contributed by atoms with Gasteiger partial charge in [0, 0.05) is 39.3 Å². The number of benzene rings is 2. The van der Waals surface area contributed by atoms with Crippen LogP contribution in [0.1, 0.15) is 15.9 Å². The normalized spacial score (nSPS) is 13.6. The highest BCUT2D eigenvalue weighted by atomic mass is 127. The zero-order valence-corrected chi connectivity index (χ0v) is 20.7. The first kappa shape index (κ1) is 25.4. The van der Waals surface area contributed by atoms with Crippen molar-refractivity contribution in [2.45, 2.75) is 6.54 Å². The predicted molar refractivity (Wildman–Crippen MR) is 136 cm³/mol. The number of rotatable bonds is 7. The Balaban J connectivity index is 0.00000363. The summed E-state index contributed by atoms with van der Waals surface area (Å²) in [5.41, 5.74) is 1.61. The van der Waals surface area contributed by atoms with Crippen molar-refractivity contribution in [3.63, 3.8) is 0 Å². The molecule has 0 bridgehead atoms. The molecule has 1 heterocycles. The average Bonchev–Trinajstić information content (AvgIpc) is 2.80. The van der Waals surface area contributed by atoms with E-state index in [1.807, 2.05) is 54.4 Å². The molecule has 2 N–H and O–H groups in total. The number of guanidine groups is 1. The van der Waals surface area contributed by atoms with Crippen LogP contribution in [-0.2, 0) is 11.3 Å². The highest BCUT2D eigenvalue weighted by Gasteiger charge is 2.22. The molecule has 1 fully saturated rings. The van der Waals surface area contributed by atoms with Crippen LogP contribution in [0.15, 0.2) is 59.6 Å². The minimum absolute atomic E-state index is 0. The van der Waals surface area contributed by atoms with E-state index in [4.69, 9.17) is 4.74 Å². The molecule has 2 aromatic rings. The summed E-state index contributed by atoms with van der Waals surface area (Å²) in [6.45, 7) is 2.95. The summed E-state index contributed by atoms with van der Waals surface area (Å²) in [5.74, 6) is 1.36. The summed E-state index contributed by atoms with van der Waals surface area (Å²) in [6.07, 6.45) is 0. The minimum atomic E-state index is -0.122. The summed E-state index contributed by atoms with van der Waals surface area (Å²) in [7, 11) is 3.70. The Morgan fingerprint density at radius 2 is 1.91 bits per heavy atom. The lowest BCUT2D eigenvalue weighted by Crippen LogP contribution is -2.49. The number of carbonyl (C=O) groups excluding carboxylic acids is 2. The van der Waals surface area contributed by atoms with Gasteiger partial charge >= 0.3 is 0 Å². The average molecular weight is 551 g/mol. The summed E-state index contributed by atoms with van der Waals surface area (Å²) in [6, 6.07) is 17.1. The molecule has 0 saturated carbocycles. The number of aliphatic imine (C=N–C) groups is 1. The van der Waals surface area contributed by atoms with E-state index in [0.717, 1.165) is 17.3 Å². The van der Waals surface area contributed by atoms with Crippen LogP contribution in [0.3, 0.4) is 0 Å². The number of hydrogen-bond donors (Lipinski definition) is 2. The molecule has 1 aliphatic rings. The van der Waals surface area contributed by atoms with Crippen LogP contribution in [0.4, 0.5) is 0 Å². The molecule has 0 atom stereocenters. The first-order valence-corrected chi connectivity index (χ1v) is 10.3. The van der Waals surface area contributed by atoms with Gasteiger partial charge in [-0.05, 0) is 29.8 Å². The second kappa shape index (κ2) is 12.9. The molecule has 32 heavy (non-hydrogen) atoms. The van der Waals surface area contributed by atoms with Crippen LogP contribution in [0.5, 0.6) is 5.75 Å². The van der Waals surface area contributed by atoms with Gasteiger partial charge in [0.05, 0.1) is 13.1 Å². The zero-order chi connectivity index (χ0) is 22.1. The van der Waals surface area contributed by atoms with Gasteiger partial charge in [-0.1, -0.05) is 30.3 Å². The van der Waals surface area contributed by atoms with Crippen molar-refractivity contribution in [3.8, 4) is 5.75 Å². The third kappa shape index (κ3) is 7.40. The largest absolute Gasteiger partial charge is 0.492 e. The SMILES string of the molecule is CN=C(NCc1ccc(C(=O)N2CCNC(=O)C2)cc1)N(C)CCOc1ccccc1.I. The van der Waals surface area contributed by atoms with E-state index < -0.39 is 0 Å². The standard InChI is InChI=1S/C23H29N5O3.HI/c1-24-23(27(2)14-15-31-20-6-4-3-5-7-20)26-16-18-8-10-19(11-9-18)22(30)28-13-12-25-21(29)17-28;/h3-11H,12-17H2,1-2H3,(H,24,26)(H,25,29);1H. The molecule has 1 saturated heterocycles. The van der Waals surface area contributed by atoms with E-state index >= 15 is 0 Å². The van der Waals surface area contributed by atoms with Crippen molar-refractivity contribution in [2.24, 2.45) is 4.99 Å². The molecule has 0 unspecified atom stereocenters. The quantitative estimate of drug-likeness (QED) is 0.312. The zero-order valence-electron chi connectivity index (χ0n) is 18.4. The number of nitrogens with zero attached hydrogens (tertiary/aromatic N) is 3. The summed E-state index contributed by atoms with van der Waals surface area (Å²) < 4.78 is 5.74. The van der Waals surface area contributed by atoms with Crippen molar-refractivity contribution in [3.05, 3.63) is 65.7 Å². The molecule has 0 aromatic heterocycles. The van der Waals surface area contributed by atoms with Gasteiger partial charge in [-0.3, -0.25) is 14.6 Å². The van der Waals surface area contributed by atoms with Crippen molar-refractivity contribution in [1.82, 2.24) is 20.4 Å². The molecule has 2 aromatic carbocycles. The van der Waals surface area contributed by atoms with Crippen LogP contribution >= 0.6 is 24.0 Å². The second-order valence-electron chi connectivity index (χ2n) is 7.26. The Kier molecular flexibility index (Phi) is 10.3. The number of carbonyl (C=O) groups is 2. The van der Waals surface area contributed by atoms with E-state index in [9.17, 15) is 9.59 Å². The first-order chi connectivity index (χ1) is 15.1. The summed E-state index contributed by atoms with van der Waals surface area (Å²) in [5, 5.41) is 6.05. The number of hydrogen-bond acceptors (Lipinski definition) is 4. The Hall–Kier alpha value is -2.82.